The van der Waals surface area contributed by atoms with E-state index in [9.17, 15) is 23.5 Å². The fourth-order valence-electron chi connectivity index (χ4n) is 2.88. The largest absolute Gasteiger partial charge is 0.494 e. The number of halogens is 4. The van der Waals surface area contributed by atoms with Crippen molar-refractivity contribution in [1.29, 1.82) is 0 Å². The smallest absolute Gasteiger partial charge is 0.333 e. The van der Waals surface area contributed by atoms with Gasteiger partial charge in [-0.2, -0.15) is 0 Å². The average Bonchev–Trinajstić information content (AvgIpc) is 2.68. The van der Waals surface area contributed by atoms with Gasteiger partial charge in [0.15, 0.2) is 0 Å². The third-order valence-electron chi connectivity index (χ3n) is 4.36. The molecule has 9 heteroatoms. The van der Waals surface area contributed by atoms with Crippen LogP contribution in [0.15, 0.2) is 64.2 Å². The Balaban J connectivity index is 1.92. The van der Waals surface area contributed by atoms with Gasteiger partial charge in [0, 0.05) is 10.0 Å². The van der Waals surface area contributed by atoms with Gasteiger partial charge < -0.3 is 5.11 Å². The molecule has 5 nitrogen and oxygen atoms in total. The Hall–Kier alpha value is -2.64. The zero-order chi connectivity index (χ0) is 21.1. The van der Waals surface area contributed by atoms with Crippen molar-refractivity contribution in [2.45, 2.75) is 25.4 Å². The van der Waals surface area contributed by atoms with E-state index in [1.807, 2.05) is 0 Å². The first kappa shape index (κ1) is 21.1. The highest BCUT2D eigenvalue weighted by atomic mass is 35.5. The molecule has 0 bridgehead atoms. The fraction of sp³-hybridized carbons (Fsp3) is 0.200. The Morgan fingerprint density at radius 2 is 1.31 bits per heavy atom. The summed E-state index contributed by atoms with van der Waals surface area (Å²) in [7, 11) is 0. The van der Waals surface area contributed by atoms with Gasteiger partial charge in [-0.25, -0.2) is 13.6 Å². The first-order chi connectivity index (χ1) is 13.8. The van der Waals surface area contributed by atoms with Crippen LogP contribution < -0.4 is 11.2 Å². The summed E-state index contributed by atoms with van der Waals surface area (Å²) in [4.78, 5) is 24.8. The van der Waals surface area contributed by atoms with Gasteiger partial charge in [0.1, 0.15) is 12.3 Å². The summed E-state index contributed by atoms with van der Waals surface area (Å²) in [5.74, 6) is -0.709. The second-order valence-electron chi connectivity index (χ2n) is 6.39. The minimum Gasteiger partial charge on any atom is -0.494 e. The fourth-order valence-corrected chi connectivity index (χ4v) is 3.28. The van der Waals surface area contributed by atoms with Gasteiger partial charge in [0.25, 0.3) is 5.56 Å². The van der Waals surface area contributed by atoms with Gasteiger partial charge in [-0.1, -0.05) is 47.5 Å². The second-order valence-corrected chi connectivity index (χ2v) is 7.26. The van der Waals surface area contributed by atoms with E-state index in [1.165, 1.54) is 24.3 Å². The maximum absolute atomic E-state index is 14.7. The molecule has 0 saturated carbocycles. The van der Waals surface area contributed by atoms with Crippen LogP contribution in [0.3, 0.4) is 0 Å². The molecule has 0 spiro atoms. The average molecular weight is 441 g/mol. The monoisotopic (exact) mass is 440 g/mol. The number of aromatic nitrogens is 2. The molecule has 0 aliphatic carbocycles. The van der Waals surface area contributed by atoms with Crippen LogP contribution in [0.1, 0.15) is 23.5 Å². The topological polar surface area (TPSA) is 64.2 Å². The predicted octanol–water partition coefficient (Wildman–Crippen LogP) is 4.44. The van der Waals surface area contributed by atoms with Crippen molar-refractivity contribution in [2.75, 3.05) is 0 Å². The summed E-state index contributed by atoms with van der Waals surface area (Å²) >= 11 is 11.7. The van der Waals surface area contributed by atoms with Crippen LogP contribution in [-0.4, -0.2) is 14.2 Å². The molecular weight excluding hydrogens is 425 g/mol. The van der Waals surface area contributed by atoms with E-state index in [4.69, 9.17) is 23.2 Å². The number of alkyl halides is 2. The molecule has 1 aromatic heterocycles. The Kier molecular flexibility index (Phi) is 6.39. The van der Waals surface area contributed by atoms with Crippen molar-refractivity contribution in [3.8, 4) is 5.88 Å². The van der Waals surface area contributed by atoms with E-state index in [2.05, 4.69) is 0 Å². The maximum Gasteiger partial charge on any atom is 0.333 e. The molecule has 152 valence electrons. The molecule has 0 saturated heterocycles. The quantitative estimate of drug-likeness (QED) is 0.615. The van der Waals surface area contributed by atoms with Crippen LogP contribution >= 0.6 is 23.2 Å². The number of hydrogen-bond acceptors (Lipinski definition) is 3. The van der Waals surface area contributed by atoms with Crippen molar-refractivity contribution in [1.82, 2.24) is 9.13 Å². The summed E-state index contributed by atoms with van der Waals surface area (Å²) in [6, 6.07) is 12.7. The number of aromatic hydroxyl groups is 1. The normalized spacial score (nSPS) is 13.2. The molecular formula is C20H16Cl2F2N2O3. The highest BCUT2D eigenvalue weighted by Crippen LogP contribution is 2.24. The summed E-state index contributed by atoms with van der Waals surface area (Å²) in [5.41, 5.74) is -1.54. The first-order valence-corrected chi connectivity index (χ1v) is 9.34. The predicted molar refractivity (Wildman–Crippen MR) is 107 cm³/mol. The minimum absolute atomic E-state index is 0.186. The molecule has 29 heavy (non-hydrogen) atoms. The van der Waals surface area contributed by atoms with Crippen LogP contribution in [0.25, 0.3) is 0 Å². The lowest BCUT2D eigenvalue weighted by Crippen LogP contribution is -2.40. The molecule has 3 aromatic rings. The molecule has 2 atom stereocenters. The second kappa shape index (κ2) is 8.80. The van der Waals surface area contributed by atoms with Crippen LogP contribution in [-0.2, 0) is 13.1 Å². The highest BCUT2D eigenvalue weighted by Gasteiger charge is 2.20. The van der Waals surface area contributed by atoms with E-state index < -0.39 is 42.6 Å². The number of rotatable bonds is 6. The van der Waals surface area contributed by atoms with Crippen molar-refractivity contribution < 1.29 is 13.9 Å². The minimum atomic E-state index is -1.70. The van der Waals surface area contributed by atoms with E-state index in [0.717, 1.165) is 6.07 Å². The highest BCUT2D eigenvalue weighted by molar-refractivity contribution is 6.30. The Bertz CT molecular complexity index is 1150. The number of nitrogens with zero attached hydrogens (tertiary/aromatic N) is 2. The van der Waals surface area contributed by atoms with Crippen LogP contribution in [0.2, 0.25) is 10.0 Å². The molecule has 0 aliphatic rings. The third kappa shape index (κ3) is 4.86. The third-order valence-corrected chi connectivity index (χ3v) is 4.83. The standard InChI is InChI=1S/C20H16Cl2F2N2O3/c21-14-5-1-3-12(7-14)16(23)10-25-18(27)9-19(28)26(20(25)29)11-17(24)13-4-2-6-15(22)8-13/h1-9,16-17,27H,10-11H2/t16-,17+/m0/s1. The van der Waals surface area contributed by atoms with Crippen molar-refractivity contribution in [3.63, 3.8) is 0 Å². The molecule has 3 rings (SSSR count). The zero-order valence-electron chi connectivity index (χ0n) is 14.9. The first-order valence-electron chi connectivity index (χ1n) is 8.59. The Labute approximate surface area is 174 Å². The van der Waals surface area contributed by atoms with Gasteiger partial charge in [-0.05, 0) is 35.4 Å². The number of benzene rings is 2. The van der Waals surface area contributed by atoms with Crippen LogP contribution in [0, 0.1) is 0 Å². The molecule has 0 aliphatic heterocycles. The van der Waals surface area contributed by atoms with Gasteiger partial charge >= 0.3 is 5.69 Å². The van der Waals surface area contributed by atoms with Crippen molar-refractivity contribution >= 4 is 23.2 Å². The summed E-state index contributed by atoms with van der Waals surface area (Å²) in [5, 5.41) is 10.6. The van der Waals surface area contributed by atoms with Crippen molar-refractivity contribution in [3.05, 3.63) is 96.6 Å². The number of hydrogen-bond donors (Lipinski definition) is 1. The summed E-state index contributed by atoms with van der Waals surface area (Å²) in [6.07, 6.45) is -3.39. The summed E-state index contributed by atoms with van der Waals surface area (Å²) in [6.45, 7) is -1.17. The zero-order valence-corrected chi connectivity index (χ0v) is 16.4. The van der Waals surface area contributed by atoms with E-state index in [0.29, 0.717) is 19.2 Å². The Morgan fingerprint density at radius 1 is 0.828 bits per heavy atom. The van der Waals surface area contributed by atoms with Gasteiger partial charge in [0.2, 0.25) is 5.88 Å². The molecule has 1 heterocycles. The lowest BCUT2D eigenvalue weighted by Gasteiger charge is -2.16. The SMILES string of the molecule is O=c1cc(O)n(C[C@H](F)c2cccc(Cl)c2)c(=O)n1C[C@@H](F)c1cccc(Cl)c1. The molecule has 2 aromatic carbocycles. The van der Waals surface area contributed by atoms with E-state index >= 15 is 0 Å². The molecule has 0 unspecified atom stereocenters. The summed E-state index contributed by atoms with van der Waals surface area (Å²) < 4.78 is 30.6. The van der Waals surface area contributed by atoms with Gasteiger partial charge in [-0.15, -0.1) is 0 Å². The lowest BCUT2D eigenvalue weighted by molar-refractivity contribution is 0.261. The van der Waals surface area contributed by atoms with E-state index in [1.54, 1.807) is 24.3 Å². The van der Waals surface area contributed by atoms with E-state index in [-0.39, 0.29) is 11.1 Å². The van der Waals surface area contributed by atoms with Crippen molar-refractivity contribution in [2.24, 2.45) is 0 Å². The molecule has 0 amide bonds. The van der Waals surface area contributed by atoms with Gasteiger partial charge in [-0.3, -0.25) is 13.9 Å². The van der Waals surface area contributed by atoms with Crippen LogP contribution in [0.5, 0.6) is 5.88 Å². The van der Waals surface area contributed by atoms with Crippen LogP contribution in [0.4, 0.5) is 8.78 Å². The Morgan fingerprint density at radius 3 is 1.79 bits per heavy atom. The molecule has 0 radical (unpaired) electrons. The maximum atomic E-state index is 14.7. The molecule has 0 fully saturated rings. The lowest BCUT2D eigenvalue weighted by atomic mass is 10.1. The molecule has 1 N–H and O–H groups in total. The van der Waals surface area contributed by atoms with Gasteiger partial charge in [0.05, 0.1) is 19.2 Å².